The van der Waals surface area contributed by atoms with Crippen LogP contribution in [0, 0.1) is 0 Å². The van der Waals surface area contributed by atoms with Crippen molar-refractivity contribution < 1.29 is 4.74 Å². The summed E-state index contributed by atoms with van der Waals surface area (Å²) in [7, 11) is 1.88. The first-order valence-corrected chi connectivity index (χ1v) is 9.47. The molecule has 0 radical (unpaired) electrons. The van der Waals surface area contributed by atoms with E-state index >= 15 is 0 Å². The van der Waals surface area contributed by atoms with E-state index in [0.29, 0.717) is 12.7 Å². The van der Waals surface area contributed by atoms with Crippen LogP contribution in [-0.4, -0.2) is 41.4 Å². The van der Waals surface area contributed by atoms with E-state index in [1.54, 1.807) is 4.57 Å². The Morgan fingerprint density at radius 2 is 2.00 bits per heavy atom. The third-order valence-corrected chi connectivity index (χ3v) is 5.58. The van der Waals surface area contributed by atoms with E-state index in [9.17, 15) is 4.79 Å². The van der Waals surface area contributed by atoms with Gasteiger partial charge in [0.2, 0.25) is 0 Å². The van der Waals surface area contributed by atoms with Gasteiger partial charge in [-0.3, -0.25) is 9.13 Å². The molecule has 4 rings (SSSR count). The molecule has 2 aliphatic heterocycles. The Morgan fingerprint density at radius 1 is 1.16 bits per heavy atom. The van der Waals surface area contributed by atoms with E-state index in [2.05, 4.69) is 28.8 Å². The van der Waals surface area contributed by atoms with Crippen molar-refractivity contribution >= 4 is 11.0 Å². The first-order chi connectivity index (χ1) is 12.3. The summed E-state index contributed by atoms with van der Waals surface area (Å²) >= 11 is 0. The molecule has 2 saturated heterocycles. The highest BCUT2D eigenvalue weighted by Gasteiger charge is 2.23. The number of ether oxygens (including phenoxy) is 1. The lowest BCUT2D eigenvalue weighted by Gasteiger charge is -2.24. The molecule has 2 fully saturated rings. The van der Waals surface area contributed by atoms with Crippen molar-refractivity contribution in [2.45, 2.75) is 44.4 Å². The molecule has 6 heteroatoms. The number of nitrogens with zero attached hydrogens (tertiary/aromatic N) is 2. The van der Waals surface area contributed by atoms with Crippen molar-refractivity contribution in [2.24, 2.45) is 7.05 Å². The fourth-order valence-electron chi connectivity index (χ4n) is 4.21. The third-order valence-electron chi connectivity index (χ3n) is 5.58. The molecule has 0 bridgehead atoms. The lowest BCUT2D eigenvalue weighted by Crippen LogP contribution is -2.36. The summed E-state index contributed by atoms with van der Waals surface area (Å²) in [5.41, 5.74) is 3.25. The quantitative estimate of drug-likeness (QED) is 0.883. The minimum absolute atomic E-state index is 0.0815. The molecule has 1 aromatic heterocycles. The van der Waals surface area contributed by atoms with Crippen LogP contribution in [0.5, 0.6) is 0 Å². The number of nitrogens with one attached hydrogen (secondary N) is 2. The van der Waals surface area contributed by atoms with Crippen LogP contribution in [0.15, 0.2) is 23.0 Å². The number of aryl methyl sites for hydroxylation is 1. The van der Waals surface area contributed by atoms with E-state index in [1.807, 2.05) is 11.6 Å². The Balaban J connectivity index is 1.65. The zero-order chi connectivity index (χ0) is 17.2. The SMILES string of the molecule is Cn1c(=O)n(C2CCCNC2)c2cccc(COC3CCNCC3)c21. The van der Waals surface area contributed by atoms with Gasteiger partial charge < -0.3 is 15.4 Å². The second-order valence-corrected chi connectivity index (χ2v) is 7.26. The number of rotatable bonds is 4. The van der Waals surface area contributed by atoms with Crippen LogP contribution in [0.3, 0.4) is 0 Å². The molecule has 2 aliphatic rings. The van der Waals surface area contributed by atoms with Crippen molar-refractivity contribution in [2.75, 3.05) is 26.2 Å². The first kappa shape index (κ1) is 16.8. The molecule has 25 heavy (non-hydrogen) atoms. The van der Waals surface area contributed by atoms with Gasteiger partial charge >= 0.3 is 5.69 Å². The van der Waals surface area contributed by atoms with Gasteiger partial charge in [0, 0.05) is 19.2 Å². The molecule has 6 nitrogen and oxygen atoms in total. The smallest absolute Gasteiger partial charge is 0.329 e. The van der Waals surface area contributed by atoms with Crippen LogP contribution < -0.4 is 16.3 Å². The van der Waals surface area contributed by atoms with Crippen LogP contribution in [0.1, 0.15) is 37.3 Å². The van der Waals surface area contributed by atoms with Gasteiger partial charge in [0.15, 0.2) is 0 Å². The minimum atomic E-state index is 0.0815. The summed E-state index contributed by atoms with van der Waals surface area (Å²) in [5, 5.41) is 6.78. The monoisotopic (exact) mass is 344 g/mol. The molecule has 1 atom stereocenters. The van der Waals surface area contributed by atoms with Crippen LogP contribution in [0.4, 0.5) is 0 Å². The van der Waals surface area contributed by atoms with Crippen molar-refractivity contribution in [3.63, 3.8) is 0 Å². The maximum atomic E-state index is 12.9. The minimum Gasteiger partial charge on any atom is -0.373 e. The molecule has 0 spiro atoms. The Hall–Kier alpha value is -1.63. The predicted octanol–water partition coefficient (Wildman–Crippen LogP) is 1.53. The number of hydrogen-bond acceptors (Lipinski definition) is 4. The van der Waals surface area contributed by atoms with E-state index in [4.69, 9.17) is 4.74 Å². The Labute approximate surface area is 148 Å². The maximum Gasteiger partial charge on any atom is 0.329 e. The summed E-state index contributed by atoms with van der Waals surface area (Å²) in [6.07, 6.45) is 4.61. The molecule has 0 saturated carbocycles. The topological polar surface area (TPSA) is 60.2 Å². The number of hydrogen-bond donors (Lipinski definition) is 2. The molecular weight excluding hydrogens is 316 g/mol. The highest BCUT2D eigenvalue weighted by Crippen LogP contribution is 2.25. The molecular formula is C19H28N4O2. The largest absolute Gasteiger partial charge is 0.373 e. The summed E-state index contributed by atoms with van der Waals surface area (Å²) in [6, 6.07) is 6.45. The van der Waals surface area contributed by atoms with E-state index < -0.39 is 0 Å². The van der Waals surface area contributed by atoms with Crippen LogP contribution in [0.25, 0.3) is 11.0 Å². The van der Waals surface area contributed by atoms with Gasteiger partial charge in [-0.2, -0.15) is 0 Å². The van der Waals surface area contributed by atoms with Gasteiger partial charge in [0.25, 0.3) is 0 Å². The van der Waals surface area contributed by atoms with Crippen molar-refractivity contribution in [3.8, 4) is 0 Å². The number of imidazole rings is 1. The van der Waals surface area contributed by atoms with Gasteiger partial charge in [0.05, 0.1) is 29.8 Å². The Bertz CT molecular complexity index is 783. The number of benzene rings is 1. The van der Waals surface area contributed by atoms with Gasteiger partial charge in [0.1, 0.15) is 0 Å². The van der Waals surface area contributed by atoms with Crippen LogP contribution in [-0.2, 0) is 18.4 Å². The lowest BCUT2D eigenvalue weighted by atomic mass is 10.1. The number of para-hydroxylation sites is 1. The van der Waals surface area contributed by atoms with E-state index in [0.717, 1.165) is 68.5 Å². The zero-order valence-electron chi connectivity index (χ0n) is 15.0. The molecule has 0 aliphatic carbocycles. The van der Waals surface area contributed by atoms with E-state index in [-0.39, 0.29) is 11.7 Å². The average molecular weight is 344 g/mol. The third kappa shape index (κ3) is 3.26. The summed E-state index contributed by atoms with van der Waals surface area (Å²) in [6.45, 7) is 4.54. The van der Waals surface area contributed by atoms with Gasteiger partial charge in [-0.05, 0) is 51.4 Å². The van der Waals surface area contributed by atoms with Crippen LogP contribution in [0.2, 0.25) is 0 Å². The predicted molar refractivity (Wildman–Crippen MR) is 99.0 cm³/mol. The van der Waals surface area contributed by atoms with Crippen molar-refractivity contribution in [3.05, 3.63) is 34.2 Å². The second-order valence-electron chi connectivity index (χ2n) is 7.26. The molecule has 136 valence electrons. The standard InChI is InChI=1S/C19H28N4O2/c1-22-18-14(13-25-16-7-10-20-11-8-16)4-2-6-17(18)23(19(22)24)15-5-3-9-21-12-15/h2,4,6,15-16,20-21H,3,5,7-13H2,1H3. The van der Waals surface area contributed by atoms with Crippen molar-refractivity contribution in [1.29, 1.82) is 0 Å². The normalized spacial score (nSPS) is 22.5. The van der Waals surface area contributed by atoms with Gasteiger partial charge in [-0.15, -0.1) is 0 Å². The highest BCUT2D eigenvalue weighted by atomic mass is 16.5. The highest BCUT2D eigenvalue weighted by molar-refractivity contribution is 5.80. The zero-order valence-corrected chi connectivity index (χ0v) is 15.0. The lowest BCUT2D eigenvalue weighted by molar-refractivity contribution is 0.0217. The average Bonchev–Trinajstić information content (AvgIpc) is 2.93. The first-order valence-electron chi connectivity index (χ1n) is 9.47. The molecule has 0 amide bonds. The summed E-state index contributed by atoms with van der Waals surface area (Å²) < 4.78 is 9.93. The summed E-state index contributed by atoms with van der Waals surface area (Å²) in [4.78, 5) is 12.9. The second kappa shape index (κ2) is 7.32. The fourth-order valence-corrected chi connectivity index (χ4v) is 4.21. The number of piperidine rings is 2. The molecule has 2 aromatic rings. The maximum absolute atomic E-state index is 12.9. The Kier molecular flexibility index (Phi) is 4.92. The molecule has 3 heterocycles. The molecule has 1 unspecified atom stereocenters. The Morgan fingerprint density at radius 3 is 2.76 bits per heavy atom. The van der Waals surface area contributed by atoms with Crippen molar-refractivity contribution in [1.82, 2.24) is 19.8 Å². The van der Waals surface area contributed by atoms with E-state index in [1.165, 1.54) is 0 Å². The number of aromatic nitrogens is 2. The van der Waals surface area contributed by atoms with Crippen LogP contribution >= 0.6 is 0 Å². The molecule has 2 N–H and O–H groups in total. The summed E-state index contributed by atoms with van der Waals surface area (Å²) in [5.74, 6) is 0. The molecule has 1 aromatic carbocycles. The van der Waals surface area contributed by atoms with Gasteiger partial charge in [-0.25, -0.2) is 4.79 Å². The number of fused-ring (bicyclic) bond motifs is 1. The van der Waals surface area contributed by atoms with Gasteiger partial charge in [-0.1, -0.05) is 12.1 Å². The fraction of sp³-hybridized carbons (Fsp3) is 0.632.